The van der Waals surface area contributed by atoms with Crippen molar-refractivity contribution < 1.29 is 4.74 Å². The largest absolute Gasteiger partial charge is 0.497 e. The molecule has 1 unspecified atom stereocenters. The Morgan fingerprint density at radius 3 is 2.67 bits per heavy atom. The average Bonchev–Trinajstić information content (AvgIpc) is 2.51. The molecule has 3 heteroatoms. The summed E-state index contributed by atoms with van der Waals surface area (Å²) in [4.78, 5) is 4.66. The van der Waals surface area contributed by atoms with Gasteiger partial charge in [-0.15, -0.1) is 0 Å². The zero-order chi connectivity index (χ0) is 11.0. The second-order valence-corrected chi connectivity index (χ2v) is 3.88. The lowest BCUT2D eigenvalue weighted by atomic mass is 10.2. The molecule has 0 amide bonds. The van der Waals surface area contributed by atoms with Crippen molar-refractivity contribution in [3.05, 3.63) is 18.2 Å². The molecule has 1 aromatic carbocycles. The van der Waals surface area contributed by atoms with Gasteiger partial charge in [0, 0.05) is 19.7 Å². The number of rotatable bonds is 2. The third-order valence-corrected chi connectivity index (χ3v) is 3.22. The van der Waals surface area contributed by atoms with Crippen LogP contribution in [0.15, 0.2) is 18.2 Å². The maximum absolute atomic E-state index is 5.26. The summed E-state index contributed by atoms with van der Waals surface area (Å²) in [5.74, 6) is 0.926. The Hall–Kier alpha value is -1.38. The maximum atomic E-state index is 5.26. The summed E-state index contributed by atoms with van der Waals surface area (Å²) in [5, 5.41) is 0. The van der Waals surface area contributed by atoms with E-state index < -0.39 is 0 Å². The van der Waals surface area contributed by atoms with E-state index in [1.54, 1.807) is 7.11 Å². The van der Waals surface area contributed by atoms with Gasteiger partial charge < -0.3 is 14.5 Å². The number of fused-ring (bicyclic) bond motifs is 1. The molecule has 2 rings (SSSR count). The van der Waals surface area contributed by atoms with Gasteiger partial charge >= 0.3 is 0 Å². The van der Waals surface area contributed by atoms with Crippen molar-refractivity contribution in [2.75, 3.05) is 30.5 Å². The highest BCUT2D eigenvalue weighted by molar-refractivity contribution is 5.78. The summed E-state index contributed by atoms with van der Waals surface area (Å²) in [6, 6.07) is 6.25. The topological polar surface area (TPSA) is 15.7 Å². The average molecular weight is 206 g/mol. The van der Waals surface area contributed by atoms with Crippen LogP contribution in [-0.2, 0) is 0 Å². The first-order valence-corrected chi connectivity index (χ1v) is 5.36. The standard InChI is InChI=1S/C12H18N2O/c1-5-14-9(2)13(3)11-7-6-10(15-4)8-12(11)14/h6-9H,5H2,1-4H3. The first-order chi connectivity index (χ1) is 7.19. The molecule has 3 nitrogen and oxygen atoms in total. The second-order valence-electron chi connectivity index (χ2n) is 3.88. The van der Waals surface area contributed by atoms with E-state index >= 15 is 0 Å². The van der Waals surface area contributed by atoms with Crippen molar-refractivity contribution >= 4 is 11.4 Å². The lowest BCUT2D eigenvalue weighted by Crippen LogP contribution is -2.38. The van der Waals surface area contributed by atoms with Crippen molar-refractivity contribution in [3.63, 3.8) is 0 Å². The molecule has 0 aliphatic carbocycles. The summed E-state index contributed by atoms with van der Waals surface area (Å²) >= 11 is 0. The zero-order valence-corrected chi connectivity index (χ0v) is 9.82. The van der Waals surface area contributed by atoms with Crippen LogP contribution in [0.2, 0.25) is 0 Å². The third-order valence-electron chi connectivity index (χ3n) is 3.22. The van der Waals surface area contributed by atoms with Crippen molar-refractivity contribution in [2.45, 2.75) is 20.0 Å². The Kier molecular flexibility index (Phi) is 2.47. The van der Waals surface area contributed by atoms with E-state index in [9.17, 15) is 0 Å². The second kappa shape index (κ2) is 3.65. The molecule has 15 heavy (non-hydrogen) atoms. The van der Waals surface area contributed by atoms with Gasteiger partial charge in [-0.3, -0.25) is 0 Å². The summed E-state index contributed by atoms with van der Waals surface area (Å²) in [5.41, 5.74) is 2.55. The fourth-order valence-electron chi connectivity index (χ4n) is 2.20. The van der Waals surface area contributed by atoms with E-state index in [-0.39, 0.29) is 0 Å². The van der Waals surface area contributed by atoms with E-state index in [0.717, 1.165) is 12.3 Å². The van der Waals surface area contributed by atoms with Gasteiger partial charge in [-0.25, -0.2) is 0 Å². The van der Waals surface area contributed by atoms with Gasteiger partial charge in [-0.1, -0.05) is 0 Å². The molecule has 82 valence electrons. The first kappa shape index (κ1) is 10.1. The Balaban J connectivity index is 2.46. The zero-order valence-electron chi connectivity index (χ0n) is 9.82. The normalized spacial score (nSPS) is 19.3. The Labute approximate surface area is 91.2 Å². The van der Waals surface area contributed by atoms with Crippen LogP contribution in [0.25, 0.3) is 0 Å². The molecule has 0 fully saturated rings. The molecule has 1 aliphatic heterocycles. The van der Waals surface area contributed by atoms with Crippen molar-refractivity contribution in [3.8, 4) is 5.75 Å². The first-order valence-electron chi connectivity index (χ1n) is 5.36. The van der Waals surface area contributed by atoms with Crippen molar-refractivity contribution in [1.82, 2.24) is 0 Å². The monoisotopic (exact) mass is 206 g/mol. The maximum Gasteiger partial charge on any atom is 0.121 e. The fraction of sp³-hybridized carbons (Fsp3) is 0.500. The van der Waals surface area contributed by atoms with Crippen molar-refractivity contribution in [2.24, 2.45) is 0 Å². The molecule has 0 saturated heterocycles. The lowest BCUT2D eigenvalue weighted by Gasteiger charge is -2.26. The molecule has 0 bridgehead atoms. The minimum atomic E-state index is 0.428. The van der Waals surface area contributed by atoms with Crippen molar-refractivity contribution in [1.29, 1.82) is 0 Å². The predicted molar refractivity (Wildman–Crippen MR) is 63.9 cm³/mol. The summed E-state index contributed by atoms with van der Waals surface area (Å²) in [6.07, 6.45) is 0.428. The third kappa shape index (κ3) is 1.42. The molecule has 0 N–H and O–H groups in total. The number of methoxy groups -OCH3 is 1. The highest BCUT2D eigenvalue weighted by atomic mass is 16.5. The van der Waals surface area contributed by atoms with Crippen LogP contribution in [0.3, 0.4) is 0 Å². The summed E-state index contributed by atoms with van der Waals surface area (Å²) in [6.45, 7) is 5.42. The number of hydrogen-bond donors (Lipinski definition) is 0. The summed E-state index contributed by atoms with van der Waals surface area (Å²) < 4.78 is 5.26. The highest BCUT2D eigenvalue weighted by Crippen LogP contribution is 2.40. The molecular formula is C12H18N2O. The van der Waals surface area contributed by atoms with Gasteiger partial charge in [0.1, 0.15) is 5.75 Å². The molecule has 0 aromatic heterocycles. The summed E-state index contributed by atoms with van der Waals surface area (Å²) in [7, 11) is 3.84. The SMILES string of the molecule is CCN1c2cc(OC)ccc2N(C)C1C. The molecular weight excluding hydrogens is 188 g/mol. The molecule has 1 atom stereocenters. The van der Waals surface area contributed by atoms with Gasteiger partial charge in [0.2, 0.25) is 0 Å². The fourth-order valence-corrected chi connectivity index (χ4v) is 2.20. The van der Waals surface area contributed by atoms with E-state index in [1.807, 2.05) is 6.07 Å². The van der Waals surface area contributed by atoms with Gasteiger partial charge in [0.15, 0.2) is 0 Å². The van der Waals surface area contributed by atoms with Crippen LogP contribution >= 0.6 is 0 Å². The van der Waals surface area contributed by atoms with Crippen LogP contribution in [0.4, 0.5) is 11.4 Å². The number of nitrogens with zero attached hydrogens (tertiary/aromatic N) is 2. The van der Waals surface area contributed by atoms with Crippen LogP contribution in [0.5, 0.6) is 5.75 Å². The van der Waals surface area contributed by atoms with E-state index in [0.29, 0.717) is 6.17 Å². The minimum Gasteiger partial charge on any atom is -0.497 e. The molecule has 0 saturated carbocycles. The number of hydrogen-bond acceptors (Lipinski definition) is 3. The smallest absolute Gasteiger partial charge is 0.121 e. The van der Waals surface area contributed by atoms with Crippen LogP contribution < -0.4 is 14.5 Å². The predicted octanol–water partition coefficient (Wildman–Crippen LogP) is 2.32. The van der Waals surface area contributed by atoms with E-state index in [2.05, 4.69) is 42.8 Å². The van der Waals surface area contributed by atoms with Crippen LogP contribution in [0.1, 0.15) is 13.8 Å². The Morgan fingerprint density at radius 1 is 1.33 bits per heavy atom. The van der Waals surface area contributed by atoms with Gasteiger partial charge in [-0.05, 0) is 26.0 Å². The Morgan fingerprint density at radius 2 is 2.07 bits per heavy atom. The van der Waals surface area contributed by atoms with Gasteiger partial charge in [-0.2, -0.15) is 0 Å². The quantitative estimate of drug-likeness (QED) is 0.738. The molecule has 1 aromatic rings. The molecule has 0 spiro atoms. The van der Waals surface area contributed by atoms with Gasteiger partial charge in [0.25, 0.3) is 0 Å². The minimum absolute atomic E-state index is 0.428. The van der Waals surface area contributed by atoms with Crippen LogP contribution in [-0.4, -0.2) is 26.9 Å². The van der Waals surface area contributed by atoms with E-state index in [1.165, 1.54) is 11.4 Å². The lowest BCUT2D eigenvalue weighted by molar-refractivity contribution is 0.415. The number of benzene rings is 1. The van der Waals surface area contributed by atoms with Gasteiger partial charge in [0.05, 0.1) is 24.7 Å². The number of anilines is 2. The molecule has 0 radical (unpaired) electrons. The molecule has 1 heterocycles. The van der Waals surface area contributed by atoms with Crippen LogP contribution in [0, 0.1) is 0 Å². The Bertz CT molecular complexity index is 365. The number of ether oxygens (including phenoxy) is 1. The molecule has 1 aliphatic rings. The van der Waals surface area contributed by atoms with E-state index in [4.69, 9.17) is 4.74 Å². The highest BCUT2D eigenvalue weighted by Gasteiger charge is 2.29.